The Morgan fingerprint density at radius 2 is 1.58 bits per heavy atom. The second-order valence-electron chi connectivity index (χ2n) is 4.21. The van der Waals surface area contributed by atoms with E-state index in [0.29, 0.717) is 21.3 Å². The van der Waals surface area contributed by atoms with E-state index in [4.69, 9.17) is 23.2 Å². The Balaban J connectivity index is 2.27. The molecular weight excluding hydrogens is 281 g/mol. The molecule has 0 fully saturated rings. The highest BCUT2D eigenvalue weighted by Gasteiger charge is 2.33. The topological polar surface area (TPSA) is 20.3 Å². The molecule has 0 aromatic heterocycles. The Morgan fingerprint density at radius 1 is 0.947 bits per heavy atom. The molecule has 94 valence electrons. The lowest BCUT2D eigenvalue weighted by Gasteiger charge is -2.19. The Morgan fingerprint density at radius 3 is 2.26 bits per heavy atom. The van der Waals surface area contributed by atoms with E-state index in [2.05, 4.69) is 6.58 Å². The van der Waals surface area contributed by atoms with Gasteiger partial charge in [0.25, 0.3) is 5.91 Å². The third-order valence-corrected chi connectivity index (χ3v) is 3.70. The van der Waals surface area contributed by atoms with Crippen molar-refractivity contribution in [3.05, 3.63) is 64.7 Å². The van der Waals surface area contributed by atoms with Crippen LogP contribution in [0.2, 0.25) is 10.0 Å². The van der Waals surface area contributed by atoms with E-state index < -0.39 is 0 Å². The summed E-state index contributed by atoms with van der Waals surface area (Å²) in [5, 5.41) is 0.871. The van der Waals surface area contributed by atoms with Crippen molar-refractivity contribution >= 4 is 46.1 Å². The molecule has 0 bridgehead atoms. The minimum Gasteiger partial charge on any atom is -0.273 e. The zero-order chi connectivity index (χ0) is 13.6. The first-order valence-electron chi connectivity index (χ1n) is 5.68. The molecule has 0 unspecified atom stereocenters. The van der Waals surface area contributed by atoms with Gasteiger partial charge in [0.1, 0.15) is 0 Å². The maximum Gasteiger partial charge on any atom is 0.263 e. The summed E-state index contributed by atoms with van der Waals surface area (Å²) >= 11 is 12.4. The van der Waals surface area contributed by atoms with Crippen LogP contribution in [0.5, 0.6) is 0 Å². The minimum atomic E-state index is -0.198. The zero-order valence-corrected chi connectivity index (χ0v) is 11.4. The smallest absolute Gasteiger partial charge is 0.263 e. The summed E-state index contributed by atoms with van der Waals surface area (Å²) < 4.78 is 0. The number of hydrogen-bond donors (Lipinski definition) is 0. The lowest BCUT2D eigenvalue weighted by Crippen LogP contribution is -2.20. The van der Waals surface area contributed by atoms with Gasteiger partial charge in [0.05, 0.1) is 21.4 Å². The van der Waals surface area contributed by atoms with Crippen molar-refractivity contribution in [1.82, 2.24) is 0 Å². The van der Waals surface area contributed by atoms with Crippen LogP contribution in [0.15, 0.2) is 49.0 Å². The molecule has 1 heterocycles. The first-order chi connectivity index (χ1) is 9.11. The average molecular weight is 290 g/mol. The van der Waals surface area contributed by atoms with Crippen LogP contribution in [0.1, 0.15) is 5.56 Å². The van der Waals surface area contributed by atoms with Crippen molar-refractivity contribution in [2.75, 3.05) is 4.90 Å². The highest BCUT2D eigenvalue weighted by molar-refractivity contribution is 6.43. The summed E-state index contributed by atoms with van der Waals surface area (Å²) in [4.78, 5) is 13.9. The number of nitrogens with zero attached hydrogens (tertiary/aromatic N) is 1. The number of para-hydroxylation sites is 2. The largest absolute Gasteiger partial charge is 0.273 e. The zero-order valence-electron chi connectivity index (χ0n) is 9.86. The second kappa shape index (κ2) is 4.41. The molecule has 2 aromatic carbocycles. The minimum absolute atomic E-state index is 0.198. The normalized spacial score (nSPS) is 13.9. The second-order valence-corrected chi connectivity index (χ2v) is 5.02. The van der Waals surface area contributed by atoms with Gasteiger partial charge in [0, 0.05) is 11.1 Å². The summed E-state index contributed by atoms with van der Waals surface area (Å²) in [5.74, 6) is -0.198. The summed E-state index contributed by atoms with van der Waals surface area (Å²) in [6.07, 6.45) is 0. The molecule has 0 atom stereocenters. The highest BCUT2D eigenvalue weighted by atomic mass is 35.5. The summed E-state index contributed by atoms with van der Waals surface area (Å²) in [6, 6.07) is 12.6. The summed E-state index contributed by atoms with van der Waals surface area (Å²) in [7, 11) is 0. The number of fused-ring (bicyclic) bond motifs is 1. The molecule has 1 amide bonds. The van der Waals surface area contributed by atoms with E-state index in [1.54, 1.807) is 18.2 Å². The van der Waals surface area contributed by atoms with Crippen LogP contribution in [0.25, 0.3) is 5.57 Å². The first kappa shape index (κ1) is 12.3. The van der Waals surface area contributed by atoms with E-state index in [1.165, 1.54) is 4.90 Å². The van der Waals surface area contributed by atoms with E-state index in [9.17, 15) is 4.79 Å². The van der Waals surface area contributed by atoms with Crippen molar-refractivity contribution < 1.29 is 4.79 Å². The Hall–Kier alpha value is -1.77. The molecule has 1 aliphatic heterocycles. The van der Waals surface area contributed by atoms with Gasteiger partial charge < -0.3 is 0 Å². The van der Waals surface area contributed by atoms with Crippen LogP contribution in [0, 0.1) is 0 Å². The van der Waals surface area contributed by atoms with Gasteiger partial charge in [-0.25, -0.2) is 0 Å². The lowest BCUT2D eigenvalue weighted by molar-refractivity contribution is -0.112. The average Bonchev–Trinajstić information content (AvgIpc) is 2.64. The number of anilines is 2. The number of amides is 1. The van der Waals surface area contributed by atoms with Gasteiger partial charge in [0.2, 0.25) is 0 Å². The van der Waals surface area contributed by atoms with Crippen LogP contribution < -0.4 is 4.90 Å². The molecule has 0 radical (unpaired) electrons. The maximum atomic E-state index is 12.4. The third-order valence-electron chi connectivity index (χ3n) is 3.09. The van der Waals surface area contributed by atoms with Crippen molar-refractivity contribution in [2.45, 2.75) is 0 Å². The Labute approximate surface area is 120 Å². The number of benzene rings is 2. The van der Waals surface area contributed by atoms with Gasteiger partial charge in [-0.2, -0.15) is 0 Å². The van der Waals surface area contributed by atoms with Crippen molar-refractivity contribution in [3.8, 4) is 0 Å². The fourth-order valence-electron chi connectivity index (χ4n) is 2.21. The molecule has 3 rings (SSSR count). The molecule has 0 spiro atoms. The molecule has 2 nitrogen and oxygen atoms in total. The highest BCUT2D eigenvalue weighted by Crippen LogP contribution is 2.45. The fraction of sp³-hybridized carbons (Fsp3) is 0. The van der Waals surface area contributed by atoms with E-state index in [-0.39, 0.29) is 5.91 Å². The lowest BCUT2D eigenvalue weighted by atomic mass is 10.1. The van der Waals surface area contributed by atoms with Crippen molar-refractivity contribution in [2.24, 2.45) is 0 Å². The number of halogens is 2. The van der Waals surface area contributed by atoms with Crippen molar-refractivity contribution in [1.29, 1.82) is 0 Å². The standard InChI is InChI=1S/C15H9Cl2NO/c1-9-10-5-2-3-8-13(10)18(15(9)19)14-11(16)6-4-7-12(14)17/h2-8H,1H2. The number of hydrogen-bond acceptors (Lipinski definition) is 1. The Kier molecular flexibility index (Phi) is 2.85. The van der Waals surface area contributed by atoms with Crippen LogP contribution in [-0.2, 0) is 4.79 Å². The van der Waals surface area contributed by atoms with E-state index in [0.717, 1.165) is 11.3 Å². The van der Waals surface area contributed by atoms with Gasteiger partial charge in [-0.3, -0.25) is 9.69 Å². The maximum absolute atomic E-state index is 12.4. The molecule has 4 heteroatoms. The molecule has 0 aliphatic carbocycles. The van der Waals surface area contributed by atoms with Gasteiger partial charge in [-0.1, -0.05) is 54.0 Å². The number of rotatable bonds is 1. The van der Waals surface area contributed by atoms with Crippen LogP contribution in [-0.4, -0.2) is 5.91 Å². The van der Waals surface area contributed by atoms with Gasteiger partial charge in [0.15, 0.2) is 0 Å². The molecule has 2 aromatic rings. The van der Waals surface area contributed by atoms with Crippen LogP contribution in [0.3, 0.4) is 0 Å². The number of carbonyl (C=O) groups excluding carboxylic acids is 1. The predicted octanol–water partition coefficient (Wildman–Crippen LogP) is 4.68. The monoisotopic (exact) mass is 289 g/mol. The fourth-order valence-corrected chi connectivity index (χ4v) is 2.77. The quantitative estimate of drug-likeness (QED) is 0.698. The van der Waals surface area contributed by atoms with Gasteiger partial charge >= 0.3 is 0 Å². The van der Waals surface area contributed by atoms with E-state index in [1.807, 2.05) is 24.3 Å². The van der Waals surface area contributed by atoms with Crippen LogP contribution >= 0.6 is 23.2 Å². The summed E-state index contributed by atoms with van der Waals surface area (Å²) in [5.41, 5.74) is 2.52. The van der Waals surface area contributed by atoms with Crippen LogP contribution in [0.4, 0.5) is 11.4 Å². The predicted molar refractivity (Wildman–Crippen MR) is 79.1 cm³/mol. The molecule has 0 saturated carbocycles. The summed E-state index contributed by atoms with van der Waals surface area (Å²) in [6.45, 7) is 3.83. The Bertz CT molecular complexity index is 689. The number of carbonyl (C=O) groups is 1. The molecule has 0 saturated heterocycles. The van der Waals surface area contributed by atoms with Gasteiger partial charge in [-0.15, -0.1) is 0 Å². The molecule has 0 N–H and O–H groups in total. The van der Waals surface area contributed by atoms with Crippen molar-refractivity contribution in [3.63, 3.8) is 0 Å². The first-order valence-corrected chi connectivity index (χ1v) is 6.43. The van der Waals surface area contributed by atoms with E-state index >= 15 is 0 Å². The SMILES string of the molecule is C=C1C(=O)N(c2c(Cl)cccc2Cl)c2ccccc21. The van der Waals surface area contributed by atoms with Gasteiger partial charge in [-0.05, 0) is 18.2 Å². The third kappa shape index (κ3) is 1.76. The molecular formula is C15H9Cl2NO. The molecule has 1 aliphatic rings. The molecule has 19 heavy (non-hydrogen) atoms.